The van der Waals surface area contributed by atoms with Gasteiger partial charge in [0.2, 0.25) is 0 Å². The molecule has 5 heteroatoms. The fourth-order valence-corrected chi connectivity index (χ4v) is 1.96. The van der Waals surface area contributed by atoms with Gasteiger partial charge in [0, 0.05) is 17.8 Å². The van der Waals surface area contributed by atoms with Crippen molar-refractivity contribution in [1.82, 2.24) is 10.3 Å². The zero-order valence-electron chi connectivity index (χ0n) is 8.88. The van der Waals surface area contributed by atoms with Crippen molar-refractivity contribution in [3.8, 4) is 0 Å². The lowest BCUT2D eigenvalue weighted by atomic mass is 10.1. The minimum Gasteiger partial charge on any atom is -0.328 e. The van der Waals surface area contributed by atoms with E-state index in [1.54, 1.807) is 18.5 Å². The summed E-state index contributed by atoms with van der Waals surface area (Å²) in [5.74, 6) is -0.244. The predicted octanol–water partition coefficient (Wildman–Crippen LogP) is 1.29. The van der Waals surface area contributed by atoms with E-state index in [4.69, 9.17) is 0 Å². The van der Waals surface area contributed by atoms with Gasteiger partial charge in [-0.1, -0.05) is 12.1 Å². The molecule has 1 aliphatic heterocycles. The lowest BCUT2D eigenvalue weighted by molar-refractivity contribution is -0.115. The Labute approximate surface area is 97.1 Å². The highest BCUT2D eigenvalue weighted by atomic mass is 16.2. The second kappa shape index (κ2) is 3.55. The number of nitrogens with zero attached hydrogens (tertiary/aromatic N) is 2. The second-order valence-corrected chi connectivity index (χ2v) is 3.76. The molecule has 2 aromatic rings. The zero-order valence-corrected chi connectivity index (χ0v) is 8.88. The van der Waals surface area contributed by atoms with Crippen molar-refractivity contribution in [2.75, 3.05) is 11.4 Å². The topological polar surface area (TPSA) is 62.3 Å². The third kappa shape index (κ3) is 1.44. The number of imide groups is 1. The van der Waals surface area contributed by atoms with Gasteiger partial charge in [-0.3, -0.25) is 9.78 Å². The number of fused-ring (bicyclic) bond motifs is 1. The van der Waals surface area contributed by atoms with Crippen molar-refractivity contribution < 1.29 is 9.59 Å². The van der Waals surface area contributed by atoms with E-state index >= 15 is 0 Å². The number of rotatable bonds is 1. The number of pyridine rings is 1. The maximum Gasteiger partial charge on any atom is 0.329 e. The fourth-order valence-electron chi connectivity index (χ4n) is 1.96. The summed E-state index contributed by atoms with van der Waals surface area (Å²) in [7, 11) is 0. The summed E-state index contributed by atoms with van der Waals surface area (Å²) < 4.78 is 0. The number of hydrogen-bond acceptors (Lipinski definition) is 3. The molecule has 84 valence electrons. The van der Waals surface area contributed by atoms with Gasteiger partial charge in [-0.25, -0.2) is 9.69 Å². The Morgan fingerprint density at radius 1 is 1.24 bits per heavy atom. The smallest absolute Gasteiger partial charge is 0.328 e. The van der Waals surface area contributed by atoms with Crippen LogP contribution in [-0.2, 0) is 4.79 Å². The Balaban J connectivity index is 2.23. The number of aromatic nitrogens is 1. The summed E-state index contributed by atoms with van der Waals surface area (Å²) in [5, 5.41) is 4.24. The largest absolute Gasteiger partial charge is 0.329 e. The Hall–Kier alpha value is -2.43. The van der Waals surface area contributed by atoms with Gasteiger partial charge in [0.05, 0.1) is 12.2 Å². The van der Waals surface area contributed by atoms with Crippen LogP contribution in [0.2, 0.25) is 0 Å². The molecule has 5 nitrogen and oxygen atoms in total. The molecule has 1 N–H and O–H groups in total. The summed E-state index contributed by atoms with van der Waals surface area (Å²) in [6, 6.07) is 6.94. The number of carbonyl (C=O) groups is 2. The third-order valence-electron chi connectivity index (χ3n) is 2.74. The predicted molar refractivity (Wildman–Crippen MR) is 62.6 cm³/mol. The minimum atomic E-state index is -0.383. The first-order valence-electron chi connectivity index (χ1n) is 5.21. The average Bonchev–Trinajstić information content (AvgIpc) is 2.69. The molecule has 0 spiro atoms. The lowest BCUT2D eigenvalue weighted by Crippen LogP contribution is -2.30. The van der Waals surface area contributed by atoms with E-state index in [9.17, 15) is 9.59 Å². The molecule has 3 rings (SSSR count). The van der Waals surface area contributed by atoms with Gasteiger partial charge < -0.3 is 5.32 Å². The van der Waals surface area contributed by atoms with Crippen molar-refractivity contribution in [2.24, 2.45) is 0 Å². The van der Waals surface area contributed by atoms with E-state index in [-0.39, 0.29) is 18.5 Å². The van der Waals surface area contributed by atoms with Crippen molar-refractivity contribution in [3.05, 3.63) is 36.7 Å². The molecular weight excluding hydrogens is 218 g/mol. The van der Waals surface area contributed by atoms with Gasteiger partial charge in [0.25, 0.3) is 5.91 Å². The lowest BCUT2D eigenvalue weighted by Gasteiger charge is -2.14. The van der Waals surface area contributed by atoms with Gasteiger partial charge in [-0.05, 0) is 17.5 Å². The zero-order chi connectivity index (χ0) is 11.8. The number of amides is 3. The highest BCUT2D eigenvalue weighted by Crippen LogP contribution is 2.27. The summed E-state index contributed by atoms with van der Waals surface area (Å²) in [4.78, 5) is 28.4. The van der Waals surface area contributed by atoms with Crippen molar-refractivity contribution in [1.29, 1.82) is 0 Å². The van der Waals surface area contributed by atoms with Crippen molar-refractivity contribution >= 4 is 28.4 Å². The van der Waals surface area contributed by atoms with Crippen LogP contribution in [-0.4, -0.2) is 23.5 Å². The van der Waals surface area contributed by atoms with Crippen LogP contribution in [0.3, 0.4) is 0 Å². The molecule has 3 amide bonds. The molecule has 1 aromatic carbocycles. The number of urea groups is 1. The van der Waals surface area contributed by atoms with Crippen LogP contribution in [0, 0.1) is 0 Å². The first-order valence-corrected chi connectivity index (χ1v) is 5.21. The van der Waals surface area contributed by atoms with E-state index in [0.29, 0.717) is 5.69 Å². The molecule has 0 atom stereocenters. The minimum absolute atomic E-state index is 0.0511. The molecule has 17 heavy (non-hydrogen) atoms. The van der Waals surface area contributed by atoms with Crippen LogP contribution in [0.15, 0.2) is 36.7 Å². The second-order valence-electron chi connectivity index (χ2n) is 3.76. The van der Waals surface area contributed by atoms with Gasteiger partial charge in [0.1, 0.15) is 0 Å². The first-order chi connectivity index (χ1) is 8.27. The van der Waals surface area contributed by atoms with Crippen LogP contribution in [0.25, 0.3) is 10.8 Å². The maximum absolute atomic E-state index is 11.7. The molecule has 2 heterocycles. The summed E-state index contributed by atoms with van der Waals surface area (Å²) >= 11 is 0. The Bertz CT molecular complexity index is 603. The Morgan fingerprint density at radius 3 is 2.88 bits per heavy atom. The molecule has 0 unspecified atom stereocenters. The van der Waals surface area contributed by atoms with Crippen LogP contribution in [0.5, 0.6) is 0 Å². The van der Waals surface area contributed by atoms with E-state index in [1.807, 2.05) is 18.2 Å². The van der Waals surface area contributed by atoms with Crippen LogP contribution in [0.1, 0.15) is 0 Å². The molecule has 1 saturated heterocycles. The highest BCUT2D eigenvalue weighted by Gasteiger charge is 2.30. The van der Waals surface area contributed by atoms with E-state index in [2.05, 4.69) is 10.3 Å². The number of hydrogen-bond donors (Lipinski definition) is 1. The van der Waals surface area contributed by atoms with Gasteiger partial charge >= 0.3 is 6.03 Å². The normalized spacial score (nSPS) is 15.4. The summed E-state index contributed by atoms with van der Waals surface area (Å²) in [5.41, 5.74) is 0.579. The molecule has 0 radical (unpaired) electrons. The molecule has 0 aliphatic carbocycles. The summed E-state index contributed by atoms with van der Waals surface area (Å²) in [6.07, 6.45) is 3.33. The van der Waals surface area contributed by atoms with E-state index in [0.717, 1.165) is 15.7 Å². The average molecular weight is 227 g/mol. The molecule has 1 aliphatic rings. The molecule has 1 fully saturated rings. The van der Waals surface area contributed by atoms with Gasteiger partial charge in [0.15, 0.2) is 0 Å². The third-order valence-corrected chi connectivity index (χ3v) is 2.74. The first kappa shape index (κ1) is 9.77. The van der Waals surface area contributed by atoms with Crippen LogP contribution < -0.4 is 10.2 Å². The number of nitrogens with one attached hydrogen (secondary N) is 1. The summed E-state index contributed by atoms with van der Waals surface area (Å²) in [6.45, 7) is 0.0511. The van der Waals surface area contributed by atoms with Crippen LogP contribution >= 0.6 is 0 Å². The van der Waals surface area contributed by atoms with E-state index in [1.165, 1.54) is 0 Å². The van der Waals surface area contributed by atoms with Gasteiger partial charge in [-0.2, -0.15) is 0 Å². The highest BCUT2D eigenvalue weighted by molar-refractivity contribution is 6.22. The van der Waals surface area contributed by atoms with Crippen molar-refractivity contribution in [3.63, 3.8) is 0 Å². The molecular formula is C12H9N3O2. The van der Waals surface area contributed by atoms with Crippen molar-refractivity contribution in [2.45, 2.75) is 0 Å². The standard InChI is InChI=1S/C12H9N3O2/c16-11-7-14-12(17)15(11)10-3-1-2-8-4-5-13-6-9(8)10/h1-6H,7H2,(H,14,17). The SMILES string of the molecule is O=C1CNC(=O)N1c1cccc2ccncc12. The number of carbonyl (C=O) groups excluding carboxylic acids is 2. The Kier molecular flexibility index (Phi) is 2.04. The quantitative estimate of drug-likeness (QED) is 0.747. The molecule has 1 aromatic heterocycles. The van der Waals surface area contributed by atoms with Gasteiger partial charge in [-0.15, -0.1) is 0 Å². The fraction of sp³-hybridized carbons (Fsp3) is 0.0833. The molecule has 0 saturated carbocycles. The Morgan fingerprint density at radius 2 is 2.12 bits per heavy atom. The number of benzene rings is 1. The maximum atomic E-state index is 11.7. The number of anilines is 1. The van der Waals surface area contributed by atoms with E-state index < -0.39 is 0 Å². The molecule has 0 bridgehead atoms. The van der Waals surface area contributed by atoms with Crippen LogP contribution in [0.4, 0.5) is 10.5 Å². The monoisotopic (exact) mass is 227 g/mol.